The summed E-state index contributed by atoms with van der Waals surface area (Å²) < 4.78 is 4.42. The summed E-state index contributed by atoms with van der Waals surface area (Å²) in [5, 5.41) is 2.49. The number of hydrogen-bond acceptors (Lipinski definition) is 3. The number of ether oxygens (including phenoxy) is 1. The van der Waals surface area contributed by atoms with Crippen molar-refractivity contribution in [1.29, 1.82) is 0 Å². The highest BCUT2D eigenvalue weighted by molar-refractivity contribution is 5.77. The van der Waals surface area contributed by atoms with Crippen molar-refractivity contribution in [2.45, 2.75) is 39.7 Å². The first-order chi connectivity index (χ1) is 7.88. The quantitative estimate of drug-likeness (QED) is 0.772. The first-order valence-electron chi connectivity index (χ1n) is 5.96. The molecule has 0 unspecified atom stereocenters. The molecule has 5 heteroatoms. The van der Waals surface area contributed by atoms with Crippen LogP contribution in [0.3, 0.4) is 0 Å². The summed E-state index contributed by atoms with van der Waals surface area (Å²) in [4.78, 5) is 24.3. The maximum absolute atomic E-state index is 11.8. The largest absolute Gasteiger partial charge is 0.453 e. The lowest BCUT2D eigenvalue weighted by molar-refractivity contribution is -0.131. The minimum absolute atomic E-state index is 0.0366. The van der Waals surface area contributed by atoms with Gasteiger partial charge in [0.15, 0.2) is 0 Å². The normalized spacial score (nSPS) is 12.1. The molecule has 17 heavy (non-hydrogen) atoms. The Morgan fingerprint density at radius 1 is 1.29 bits per heavy atom. The average Bonchev–Trinajstić information content (AvgIpc) is 2.26. The van der Waals surface area contributed by atoms with Gasteiger partial charge in [-0.2, -0.15) is 0 Å². The molecular weight excluding hydrogens is 220 g/mol. The summed E-state index contributed by atoms with van der Waals surface area (Å²) in [5.41, 5.74) is 0. The van der Waals surface area contributed by atoms with Gasteiger partial charge in [-0.15, -0.1) is 0 Å². The molecular formula is C12H24N2O3. The van der Waals surface area contributed by atoms with Crippen molar-refractivity contribution in [1.82, 2.24) is 10.2 Å². The van der Waals surface area contributed by atoms with E-state index in [-0.39, 0.29) is 11.9 Å². The molecule has 0 aliphatic rings. The van der Waals surface area contributed by atoms with Gasteiger partial charge in [0.2, 0.25) is 5.91 Å². The van der Waals surface area contributed by atoms with E-state index in [2.05, 4.69) is 23.9 Å². The molecule has 0 saturated heterocycles. The molecule has 0 aromatic heterocycles. The zero-order chi connectivity index (χ0) is 13.4. The molecule has 1 N–H and O–H groups in total. The molecule has 100 valence electrons. The molecule has 0 saturated carbocycles. The zero-order valence-corrected chi connectivity index (χ0v) is 11.4. The van der Waals surface area contributed by atoms with Crippen molar-refractivity contribution in [2.75, 3.05) is 20.7 Å². The van der Waals surface area contributed by atoms with Crippen LogP contribution in [0.25, 0.3) is 0 Å². The lowest BCUT2D eigenvalue weighted by Gasteiger charge is -2.26. The van der Waals surface area contributed by atoms with Crippen molar-refractivity contribution < 1.29 is 14.3 Å². The molecule has 0 fully saturated rings. The van der Waals surface area contributed by atoms with Gasteiger partial charge in [0.05, 0.1) is 7.11 Å². The molecule has 0 heterocycles. The molecule has 5 nitrogen and oxygen atoms in total. The fourth-order valence-corrected chi connectivity index (χ4v) is 1.61. The molecule has 0 aromatic carbocycles. The Bertz CT molecular complexity index is 254. The van der Waals surface area contributed by atoms with Gasteiger partial charge < -0.3 is 15.0 Å². The first kappa shape index (κ1) is 15.7. The van der Waals surface area contributed by atoms with Crippen molar-refractivity contribution in [3.63, 3.8) is 0 Å². The Kier molecular flexibility index (Phi) is 7.34. The number of carbonyl (C=O) groups excluding carboxylic acids is 2. The van der Waals surface area contributed by atoms with Crippen LogP contribution >= 0.6 is 0 Å². The molecule has 0 radical (unpaired) electrons. The highest BCUT2D eigenvalue weighted by Crippen LogP contribution is 2.10. The van der Waals surface area contributed by atoms with Crippen LogP contribution in [-0.4, -0.2) is 43.6 Å². The second-order valence-corrected chi connectivity index (χ2v) is 4.65. The van der Waals surface area contributed by atoms with Crippen LogP contribution in [0, 0.1) is 5.92 Å². The van der Waals surface area contributed by atoms with Crippen LogP contribution in [0.5, 0.6) is 0 Å². The van der Waals surface area contributed by atoms with Crippen LogP contribution in [0.15, 0.2) is 0 Å². The summed E-state index contributed by atoms with van der Waals surface area (Å²) in [7, 11) is 3.10. The van der Waals surface area contributed by atoms with Crippen LogP contribution in [0.1, 0.15) is 33.6 Å². The minimum Gasteiger partial charge on any atom is -0.453 e. The van der Waals surface area contributed by atoms with Gasteiger partial charge in [-0.05, 0) is 19.3 Å². The topological polar surface area (TPSA) is 58.6 Å². The van der Waals surface area contributed by atoms with Gasteiger partial charge in [0.1, 0.15) is 0 Å². The van der Waals surface area contributed by atoms with E-state index in [0.29, 0.717) is 18.9 Å². The van der Waals surface area contributed by atoms with Gasteiger partial charge >= 0.3 is 6.09 Å². The molecule has 0 rings (SSSR count). The smallest absolute Gasteiger partial charge is 0.406 e. The van der Waals surface area contributed by atoms with Gasteiger partial charge in [-0.3, -0.25) is 4.79 Å². The lowest BCUT2D eigenvalue weighted by atomic mass is 10.0. The summed E-state index contributed by atoms with van der Waals surface area (Å²) in [5.74, 6) is 0.600. The van der Waals surface area contributed by atoms with Crippen molar-refractivity contribution in [3.05, 3.63) is 0 Å². The Morgan fingerprint density at radius 2 is 1.88 bits per heavy atom. The van der Waals surface area contributed by atoms with Crippen LogP contribution in [0.2, 0.25) is 0 Å². The lowest BCUT2D eigenvalue weighted by Crippen LogP contribution is -2.38. The number of methoxy groups -OCH3 is 1. The fraction of sp³-hybridized carbons (Fsp3) is 0.833. The maximum Gasteiger partial charge on any atom is 0.406 e. The second-order valence-electron chi connectivity index (χ2n) is 4.65. The number of hydrogen-bond donors (Lipinski definition) is 1. The van der Waals surface area contributed by atoms with Crippen LogP contribution in [-0.2, 0) is 9.53 Å². The number of nitrogens with one attached hydrogen (secondary N) is 1. The number of alkyl carbamates (subject to hydrolysis) is 1. The van der Waals surface area contributed by atoms with Crippen molar-refractivity contribution in [2.24, 2.45) is 5.92 Å². The summed E-state index contributed by atoms with van der Waals surface area (Å²) in [6.07, 6.45) is 0.774. The third-order valence-electron chi connectivity index (χ3n) is 2.66. The Morgan fingerprint density at radius 3 is 2.35 bits per heavy atom. The first-order valence-corrected chi connectivity index (χ1v) is 5.96. The van der Waals surface area contributed by atoms with E-state index in [9.17, 15) is 9.59 Å². The molecule has 2 amide bonds. The number of carbonyl (C=O) groups is 2. The minimum atomic E-state index is -0.504. The molecule has 0 spiro atoms. The molecule has 0 bridgehead atoms. The fourth-order valence-electron chi connectivity index (χ4n) is 1.61. The standard InChI is InChI=1S/C12H24N2O3/c1-9(2)8-10(3)14(4)11(15)6-7-13-12(16)17-5/h9-10H,6-8H2,1-5H3,(H,13,16)/t10-/m1/s1. The van der Waals surface area contributed by atoms with Gasteiger partial charge in [-0.25, -0.2) is 4.79 Å². The number of rotatable bonds is 6. The third kappa shape index (κ3) is 6.81. The predicted molar refractivity (Wildman–Crippen MR) is 66.7 cm³/mol. The summed E-state index contributed by atoms with van der Waals surface area (Å²) in [6, 6.07) is 0.223. The van der Waals surface area contributed by atoms with Gasteiger partial charge in [0, 0.05) is 26.1 Å². The van der Waals surface area contributed by atoms with E-state index in [1.807, 2.05) is 6.92 Å². The highest BCUT2D eigenvalue weighted by atomic mass is 16.5. The van der Waals surface area contributed by atoms with Crippen molar-refractivity contribution >= 4 is 12.0 Å². The van der Waals surface area contributed by atoms with Crippen molar-refractivity contribution in [3.8, 4) is 0 Å². The Balaban J connectivity index is 3.92. The third-order valence-corrected chi connectivity index (χ3v) is 2.66. The molecule has 0 aliphatic heterocycles. The summed E-state index contributed by atoms with van der Waals surface area (Å²) in [6.45, 7) is 6.61. The van der Waals surface area contributed by atoms with Gasteiger partial charge in [-0.1, -0.05) is 13.8 Å². The monoisotopic (exact) mass is 244 g/mol. The second kappa shape index (κ2) is 7.92. The number of amides is 2. The SMILES string of the molecule is COC(=O)NCCC(=O)N(C)[C@H](C)CC(C)C. The van der Waals surface area contributed by atoms with E-state index >= 15 is 0 Å². The average molecular weight is 244 g/mol. The van der Waals surface area contributed by atoms with E-state index in [0.717, 1.165) is 6.42 Å². The van der Waals surface area contributed by atoms with Crippen LogP contribution in [0.4, 0.5) is 4.79 Å². The molecule has 1 atom stereocenters. The van der Waals surface area contributed by atoms with E-state index in [1.54, 1.807) is 11.9 Å². The van der Waals surface area contributed by atoms with E-state index < -0.39 is 6.09 Å². The zero-order valence-electron chi connectivity index (χ0n) is 11.4. The summed E-state index contributed by atoms with van der Waals surface area (Å²) >= 11 is 0. The maximum atomic E-state index is 11.8. The van der Waals surface area contributed by atoms with E-state index in [1.165, 1.54) is 7.11 Å². The molecule has 0 aliphatic carbocycles. The van der Waals surface area contributed by atoms with Gasteiger partial charge in [0.25, 0.3) is 0 Å². The Labute approximate surface area is 103 Å². The van der Waals surface area contributed by atoms with E-state index in [4.69, 9.17) is 0 Å². The van der Waals surface area contributed by atoms with Crippen LogP contribution < -0.4 is 5.32 Å². The predicted octanol–water partition coefficient (Wildman–Crippen LogP) is 1.63. The Hall–Kier alpha value is -1.26. The highest BCUT2D eigenvalue weighted by Gasteiger charge is 2.16. The molecule has 0 aromatic rings. The number of nitrogens with zero attached hydrogens (tertiary/aromatic N) is 1.